The van der Waals surface area contributed by atoms with Crippen molar-refractivity contribution in [3.05, 3.63) is 0 Å². The predicted octanol–water partition coefficient (Wildman–Crippen LogP) is -1.69. The van der Waals surface area contributed by atoms with Gasteiger partial charge in [0.25, 0.3) is 5.97 Å². The minimum atomic E-state index is -2.87. The smallest absolute Gasteiger partial charge is 0.323 e. The molecule has 0 saturated carbocycles. The Morgan fingerprint density at radius 1 is 1.24 bits per heavy atom. The molecule has 1 saturated heterocycles. The van der Waals surface area contributed by atoms with Gasteiger partial charge in [0.1, 0.15) is 6.04 Å². The van der Waals surface area contributed by atoms with E-state index in [0.717, 1.165) is 12.8 Å². The van der Waals surface area contributed by atoms with Gasteiger partial charge < -0.3 is 25.5 Å². The molecule has 0 aromatic heterocycles. The predicted molar refractivity (Wildman–Crippen MR) is 56.9 cm³/mol. The number of aliphatic hydroxyl groups excluding tert-OH is 1. The van der Waals surface area contributed by atoms with Crippen molar-refractivity contribution in [3.63, 3.8) is 0 Å². The van der Waals surface area contributed by atoms with Crippen molar-refractivity contribution >= 4 is 5.97 Å². The van der Waals surface area contributed by atoms with E-state index in [0.29, 0.717) is 13.1 Å². The quantitative estimate of drug-likeness (QED) is 0.356. The number of aliphatic hydroxyl groups is 4. The molecule has 1 rings (SSSR count). The molecular formula is C10H19NO6. The highest BCUT2D eigenvalue weighted by Crippen LogP contribution is 2.18. The number of nitrogens with zero attached hydrogens (tertiary/aromatic N) is 1. The third-order valence-corrected chi connectivity index (χ3v) is 2.93. The Kier molecular flexibility index (Phi) is 4.84. The monoisotopic (exact) mass is 249 g/mol. The van der Waals surface area contributed by atoms with Gasteiger partial charge >= 0.3 is 5.97 Å². The number of carboxylic acid groups (broad SMARTS) is 1. The number of carboxylic acids is 1. The molecule has 1 aliphatic heterocycles. The van der Waals surface area contributed by atoms with E-state index in [9.17, 15) is 9.90 Å². The summed E-state index contributed by atoms with van der Waals surface area (Å²) in [6.07, 6.45) is -0.152. The molecule has 1 heterocycles. The Morgan fingerprint density at radius 3 is 2.18 bits per heavy atom. The van der Waals surface area contributed by atoms with Crippen molar-refractivity contribution in [1.82, 2.24) is 4.90 Å². The first-order chi connectivity index (χ1) is 7.81. The number of hydrogen-bond acceptors (Lipinski definition) is 6. The number of likely N-dealkylation sites (tertiary alicyclic amines) is 1. The zero-order valence-electron chi connectivity index (χ0n) is 9.49. The molecule has 0 aromatic carbocycles. The lowest BCUT2D eigenvalue weighted by atomic mass is 10.0. The molecule has 0 spiro atoms. The molecule has 100 valence electrons. The topological polar surface area (TPSA) is 121 Å². The number of rotatable bonds is 6. The third-order valence-electron chi connectivity index (χ3n) is 2.93. The van der Waals surface area contributed by atoms with Crippen LogP contribution in [-0.2, 0) is 4.79 Å². The van der Waals surface area contributed by atoms with Crippen LogP contribution in [0, 0.1) is 0 Å². The van der Waals surface area contributed by atoms with Crippen LogP contribution in [0.2, 0.25) is 0 Å². The standard InChI is InChI=1S/C10H19NO6/c12-7(3-4-10(15,16)17)8(9(13)14)11-5-1-2-6-11/h7-8,12,15-17H,1-6H2,(H,13,14). The van der Waals surface area contributed by atoms with E-state index in [1.165, 1.54) is 0 Å². The molecule has 17 heavy (non-hydrogen) atoms. The van der Waals surface area contributed by atoms with Crippen LogP contribution in [0.5, 0.6) is 0 Å². The number of aliphatic carboxylic acids is 1. The zero-order chi connectivity index (χ0) is 13.1. The summed E-state index contributed by atoms with van der Waals surface area (Å²) >= 11 is 0. The van der Waals surface area contributed by atoms with Crippen molar-refractivity contribution < 1.29 is 30.3 Å². The molecule has 1 aliphatic rings. The van der Waals surface area contributed by atoms with Gasteiger partial charge in [-0.1, -0.05) is 0 Å². The number of carbonyl (C=O) groups is 1. The summed E-state index contributed by atoms with van der Waals surface area (Å²) in [6.45, 7) is 1.22. The highest BCUT2D eigenvalue weighted by Gasteiger charge is 2.35. The summed E-state index contributed by atoms with van der Waals surface area (Å²) in [5.74, 6) is -4.01. The van der Waals surface area contributed by atoms with Crippen LogP contribution < -0.4 is 0 Å². The van der Waals surface area contributed by atoms with Crippen LogP contribution in [0.1, 0.15) is 25.7 Å². The first kappa shape index (κ1) is 14.3. The van der Waals surface area contributed by atoms with Gasteiger partial charge in [0, 0.05) is 6.42 Å². The van der Waals surface area contributed by atoms with E-state index in [1.54, 1.807) is 4.90 Å². The van der Waals surface area contributed by atoms with Crippen molar-refractivity contribution in [2.75, 3.05) is 13.1 Å². The summed E-state index contributed by atoms with van der Waals surface area (Å²) in [4.78, 5) is 12.7. The van der Waals surface area contributed by atoms with E-state index >= 15 is 0 Å². The maximum Gasteiger partial charge on any atom is 0.323 e. The van der Waals surface area contributed by atoms with Gasteiger partial charge in [-0.2, -0.15) is 0 Å². The molecule has 0 aliphatic carbocycles. The molecule has 7 nitrogen and oxygen atoms in total. The second-order valence-corrected chi connectivity index (χ2v) is 4.41. The van der Waals surface area contributed by atoms with E-state index in [2.05, 4.69) is 0 Å². The minimum absolute atomic E-state index is 0.197. The van der Waals surface area contributed by atoms with Crippen LogP contribution in [0.15, 0.2) is 0 Å². The maximum absolute atomic E-state index is 11.1. The van der Waals surface area contributed by atoms with E-state index < -0.39 is 30.5 Å². The maximum atomic E-state index is 11.1. The normalized spacial score (nSPS) is 21.4. The minimum Gasteiger partial charge on any atom is -0.480 e. The highest BCUT2D eigenvalue weighted by molar-refractivity contribution is 5.74. The third kappa shape index (κ3) is 4.57. The van der Waals surface area contributed by atoms with Crippen LogP contribution in [0.25, 0.3) is 0 Å². The summed E-state index contributed by atoms with van der Waals surface area (Å²) in [5, 5.41) is 44.9. The Labute approximate surface area is 98.9 Å². The summed E-state index contributed by atoms with van der Waals surface area (Å²) in [5.41, 5.74) is 0. The van der Waals surface area contributed by atoms with Crippen molar-refractivity contribution in [2.45, 2.75) is 43.8 Å². The molecule has 0 radical (unpaired) electrons. The zero-order valence-corrected chi connectivity index (χ0v) is 9.49. The van der Waals surface area contributed by atoms with E-state index in [-0.39, 0.29) is 6.42 Å². The van der Waals surface area contributed by atoms with Crippen molar-refractivity contribution in [1.29, 1.82) is 0 Å². The van der Waals surface area contributed by atoms with Crippen LogP contribution in [0.4, 0.5) is 0 Å². The van der Waals surface area contributed by atoms with Gasteiger partial charge in [0.2, 0.25) is 0 Å². The molecule has 0 bridgehead atoms. The van der Waals surface area contributed by atoms with Crippen LogP contribution in [-0.4, -0.2) is 67.6 Å². The van der Waals surface area contributed by atoms with Gasteiger partial charge in [-0.05, 0) is 32.4 Å². The summed E-state index contributed by atoms with van der Waals surface area (Å²) < 4.78 is 0. The van der Waals surface area contributed by atoms with Gasteiger partial charge in [-0.3, -0.25) is 9.69 Å². The molecular weight excluding hydrogens is 230 g/mol. The van der Waals surface area contributed by atoms with E-state index in [4.69, 9.17) is 20.4 Å². The van der Waals surface area contributed by atoms with Crippen molar-refractivity contribution in [2.24, 2.45) is 0 Å². The summed E-state index contributed by atoms with van der Waals surface area (Å²) in [7, 11) is 0. The SMILES string of the molecule is O=C(O)C(C(O)CCC(O)(O)O)N1CCCC1. The molecule has 7 heteroatoms. The lowest BCUT2D eigenvalue weighted by molar-refractivity contribution is -0.316. The second kappa shape index (κ2) is 5.74. The molecule has 2 atom stereocenters. The van der Waals surface area contributed by atoms with Gasteiger partial charge in [-0.25, -0.2) is 0 Å². The lowest BCUT2D eigenvalue weighted by Gasteiger charge is -2.28. The molecule has 5 N–H and O–H groups in total. The Bertz CT molecular complexity index is 258. The largest absolute Gasteiger partial charge is 0.480 e. The molecule has 0 aromatic rings. The van der Waals surface area contributed by atoms with Gasteiger partial charge in [-0.15, -0.1) is 0 Å². The Hall–Kier alpha value is -0.730. The first-order valence-electron chi connectivity index (χ1n) is 5.63. The average molecular weight is 249 g/mol. The fourth-order valence-electron chi connectivity index (χ4n) is 2.08. The molecule has 0 amide bonds. The number of hydrogen-bond donors (Lipinski definition) is 5. The molecule has 2 unspecified atom stereocenters. The fourth-order valence-corrected chi connectivity index (χ4v) is 2.08. The van der Waals surface area contributed by atoms with Gasteiger partial charge in [0.05, 0.1) is 6.10 Å². The Morgan fingerprint density at radius 2 is 1.76 bits per heavy atom. The second-order valence-electron chi connectivity index (χ2n) is 4.41. The highest BCUT2D eigenvalue weighted by atomic mass is 16.7. The summed E-state index contributed by atoms with van der Waals surface area (Å²) in [6, 6.07) is -1.06. The fraction of sp³-hybridized carbons (Fsp3) is 0.900. The van der Waals surface area contributed by atoms with E-state index in [1.807, 2.05) is 0 Å². The molecule has 1 fully saturated rings. The Balaban J connectivity index is 2.54. The van der Waals surface area contributed by atoms with Crippen molar-refractivity contribution in [3.8, 4) is 0 Å². The van der Waals surface area contributed by atoms with Crippen LogP contribution >= 0.6 is 0 Å². The van der Waals surface area contributed by atoms with Gasteiger partial charge in [0.15, 0.2) is 0 Å². The van der Waals surface area contributed by atoms with Crippen LogP contribution in [0.3, 0.4) is 0 Å². The lowest BCUT2D eigenvalue weighted by Crippen LogP contribution is -2.48. The first-order valence-corrected chi connectivity index (χ1v) is 5.63. The average Bonchev–Trinajstić information content (AvgIpc) is 2.66.